The normalized spacial score (nSPS) is 9.44. The molecule has 0 aliphatic carbocycles. The van der Waals surface area contributed by atoms with Gasteiger partial charge in [0.25, 0.3) is 11.8 Å². The zero-order chi connectivity index (χ0) is 12.1. The Labute approximate surface area is 91.7 Å². The van der Waals surface area contributed by atoms with E-state index in [0.717, 1.165) is 0 Å². The van der Waals surface area contributed by atoms with Crippen LogP contribution in [-0.4, -0.2) is 18.9 Å². The van der Waals surface area contributed by atoms with Gasteiger partial charge in [0.15, 0.2) is 0 Å². The van der Waals surface area contributed by atoms with Crippen molar-refractivity contribution in [2.45, 2.75) is 0 Å². The first-order valence-electron chi connectivity index (χ1n) is 4.33. The molecule has 0 radical (unpaired) electrons. The Kier molecular flexibility index (Phi) is 3.81. The summed E-state index contributed by atoms with van der Waals surface area (Å²) in [7, 11) is 1.42. The van der Waals surface area contributed by atoms with Gasteiger partial charge >= 0.3 is 0 Å². The van der Waals surface area contributed by atoms with Gasteiger partial charge in [0.1, 0.15) is 5.75 Å². The molecule has 7 nitrogen and oxygen atoms in total. The van der Waals surface area contributed by atoms with Crippen molar-refractivity contribution in [3.63, 3.8) is 0 Å². The van der Waals surface area contributed by atoms with E-state index in [1.54, 1.807) is 0 Å². The van der Waals surface area contributed by atoms with Crippen LogP contribution in [0.15, 0.2) is 18.2 Å². The van der Waals surface area contributed by atoms with Crippen molar-refractivity contribution in [2.75, 3.05) is 7.11 Å². The predicted octanol–water partition coefficient (Wildman–Crippen LogP) is -1.10. The van der Waals surface area contributed by atoms with Crippen molar-refractivity contribution in [1.29, 1.82) is 0 Å². The average Bonchev–Trinajstić information content (AvgIpc) is 2.35. The molecule has 0 aromatic heterocycles. The summed E-state index contributed by atoms with van der Waals surface area (Å²) in [6.07, 6.45) is 0. The molecule has 0 spiro atoms. The zero-order valence-corrected chi connectivity index (χ0v) is 8.61. The summed E-state index contributed by atoms with van der Waals surface area (Å²) in [5, 5.41) is 0. The third kappa shape index (κ3) is 2.47. The lowest BCUT2D eigenvalue weighted by molar-refractivity contribution is 0.0953. The minimum atomic E-state index is -0.523. The van der Waals surface area contributed by atoms with E-state index in [4.69, 9.17) is 16.4 Å². The molecular weight excluding hydrogens is 212 g/mol. The molecule has 0 fully saturated rings. The fourth-order valence-electron chi connectivity index (χ4n) is 1.15. The van der Waals surface area contributed by atoms with Crippen LogP contribution in [0.3, 0.4) is 0 Å². The Bertz CT molecular complexity index is 385. The van der Waals surface area contributed by atoms with Crippen LogP contribution in [0, 0.1) is 0 Å². The second kappa shape index (κ2) is 5.10. The van der Waals surface area contributed by atoms with E-state index < -0.39 is 11.8 Å². The maximum atomic E-state index is 11.3. The Morgan fingerprint density at radius 2 is 1.50 bits per heavy atom. The third-order valence-corrected chi connectivity index (χ3v) is 1.93. The standard InChI is InChI=1S/C9H12N4O3/c1-16-7-3-5(8(14)12-10)2-6(4-7)9(15)13-11/h2-4H,10-11H2,1H3,(H,12,14)(H,13,15). The predicted molar refractivity (Wildman–Crippen MR) is 56.3 cm³/mol. The molecule has 1 aromatic rings. The second-order valence-corrected chi connectivity index (χ2v) is 2.90. The molecule has 86 valence electrons. The lowest BCUT2D eigenvalue weighted by Crippen LogP contribution is -2.32. The number of carbonyl (C=O) groups excluding carboxylic acids is 2. The average molecular weight is 224 g/mol. The molecule has 0 saturated heterocycles. The summed E-state index contributed by atoms with van der Waals surface area (Å²) in [6, 6.07) is 4.26. The van der Waals surface area contributed by atoms with Crippen LogP contribution in [0.2, 0.25) is 0 Å². The number of nitrogen functional groups attached to an aromatic ring is 2. The summed E-state index contributed by atoms with van der Waals surface area (Å²) in [5.74, 6) is 9.29. The number of nitrogens with one attached hydrogen (secondary N) is 2. The van der Waals surface area contributed by atoms with Crippen molar-refractivity contribution in [1.82, 2.24) is 10.9 Å². The van der Waals surface area contributed by atoms with Crippen molar-refractivity contribution in [2.24, 2.45) is 11.7 Å². The number of carbonyl (C=O) groups is 2. The monoisotopic (exact) mass is 224 g/mol. The number of amides is 2. The maximum absolute atomic E-state index is 11.3. The van der Waals surface area contributed by atoms with Gasteiger partial charge < -0.3 is 4.74 Å². The Balaban J connectivity index is 3.20. The first-order chi connectivity index (χ1) is 7.62. The summed E-state index contributed by atoms with van der Waals surface area (Å²) < 4.78 is 4.94. The van der Waals surface area contributed by atoms with Crippen LogP contribution in [0.4, 0.5) is 0 Å². The van der Waals surface area contributed by atoms with Crippen LogP contribution < -0.4 is 27.3 Å². The van der Waals surface area contributed by atoms with Gasteiger partial charge in [-0.15, -0.1) is 0 Å². The fraction of sp³-hybridized carbons (Fsp3) is 0.111. The molecule has 2 amide bonds. The molecular formula is C9H12N4O3. The van der Waals surface area contributed by atoms with Gasteiger partial charge in [-0.1, -0.05) is 0 Å². The van der Waals surface area contributed by atoms with E-state index in [0.29, 0.717) is 5.75 Å². The number of hydrogen-bond acceptors (Lipinski definition) is 5. The molecule has 7 heteroatoms. The summed E-state index contributed by atoms with van der Waals surface area (Å²) in [6.45, 7) is 0. The first kappa shape index (κ1) is 12.0. The lowest BCUT2D eigenvalue weighted by Gasteiger charge is -2.07. The molecule has 6 N–H and O–H groups in total. The van der Waals surface area contributed by atoms with Crippen LogP contribution in [0.5, 0.6) is 5.75 Å². The Morgan fingerprint density at radius 1 is 1.06 bits per heavy atom. The van der Waals surface area contributed by atoms with E-state index in [9.17, 15) is 9.59 Å². The van der Waals surface area contributed by atoms with E-state index in [1.165, 1.54) is 25.3 Å². The van der Waals surface area contributed by atoms with Crippen LogP contribution in [0.25, 0.3) is 0 Å². The summed E-state index contributed by atoms with van der Waals surface area (Å²) in [5.41, 5.74) is 4.34. The molecule has 0 bridgehead atoms. The number of hydrazine groups is 2. The molecule has 0 unspecified atom stereocenters. The number of hydrogen-bond donors (Lipinski definition) is 4. The molecule has 0 heterocycles. The lowest BCUT2D eigenvalue weighted by atomic mass is 10.1. The van der Waals surface area contributed by atoms with Gasteiger partial charge in [-0.25, -0.2) is 11.7 Å². The fourth-order valence-corrected chi connectivity index (χ4v) is 1.15. The van der Waals surface area contributed by atoms with Gasteiger partial charge in [-0.05, 0) is 18.2 Å². The van der Waals surface area contributed by atoms with Gasteiger partial charge in [0, 0.05) is 11.1 Å². The number of rotatable bonds is 3. The minimum absolute atomic E-state index is 0.209. The quantitative estimate of drug-likeness (QED) is 0.295. The smallest absolute Gasteiger partial charge is 0.265 e. The minimum Gasteiger partial charge on any atom is -0.497 e. The number of ether oxygens (including phenoxy) is 1. The highest BCUT2D eigenvalue weighted by Gasteiger charge is 2.11. The molecule has 1 rings (SSSR count). The van der Waals surface area contributed by atoms with E-state index in [-0.39, 0.29) is 11.1 Å². The van der Waals surface area contributed by atoms with Crippen LogP contribution in [-0.2, 0) is 0 Å². The molecule has 16 heavy (non-hydrogen) atoms. The van der Waals surface area contributed by atoms with Crippen LogP contribution >= 0.6 is 0 Å². The van der Waals surface area contributed by atoms with E-state index in [1.807, 2.05) is 10.9 Å². The Hall–Kier alpha value is -2.12. The maximum Gasteiger partial charge on any atom is 0.265 e. The third-order valence-electron chi connectivity index (χ3n) is 1.93. The largest absolute Gasteiger partial charge is 0.497 e. The number of methoxy groups -OCH3 is 1. The molecule has 1 aromatic carbocycles. The van der Waals surface area contributed by atoms with Gasteiger partial charge in [0.2, 0.25) is 0 Å². The summed E-state index contributed by atoms with van der Waals surface area (Å²) in [4.78, 5) is 22.6. The zero-order valence-electron chi connectivity index (χ0n) is 8.61. The highest BCUT2D eigenvalue weighted by molar-refractivity contribution is 5.99. The first-order valence-corrected chi connectivity index (χ1v) is 4.33. The molecule has 0 saturated carbocycles. The number of benzene rings is 1. The summed E-state index contributed by atoms with van der Waals surface area (Å²) >= 11 is 0. The van der Waals surface area contributed by atoms with Crippen molar-refractivity contribution in [3.05, 3.63) is 29.3 Å². The topological polar surface area (TPSA) is 119 Å². The van der Waals surface area contributed by atoms with Gasteiger partial charge in [-0.3, -0.25) is 20.4 Å². The number of nitrogens with two attached hydrogens (primary N) is 2. The molecule has 0 atom stereocenters. The Morgan fingerprint density at radius 3 is 1.81 bits per heavy atom. The second-order valence-electron chi connectivity index (χ2n) is 2.90. The SMILES string of the molecule is COc1cc(C(=O)NN)cc(C(=O)NN)c1. The molecule has 0 aliphatic heterocycles. The van der Waals surface area contributed by atoms with Crippen molar-refractivity contribution >= 4 is 11.8 Å². The highest BCUT2D eigenvalue weighted by Crippen LogP contribution is 2.16. The van der Waals surface area contributed by atoms with Crippen molar-refractivity contribution in [3.8, 4) is 5.75 Å². The van der Waals surface area contributed by atoms with E-state index in [2.05, 4.69) is 0 Å². The van der Waals surface area contributed by atoms with E-state index >= 15 is 0 Å². The van der Waals surface area contributed by atoms with Gasteiger partial charge in [0.05, 0.1) is 7.11 Å². The highest BCUT2D eigenvalue weighted by atomic mass is 16.5. The van der Waals surface area contributed by atoms with Gasteiger partial charge in [-0.2, -0.15) is 0 Å². The van der Waals surface area contributed by atoms with Crippen LogP contribution in [0.1, 0.15) is 20.7 Å². The molecule has 0 aliphatic rings. The van der Waals surface area contributed by atoms with Crippen molar-refractivity contribution < 1.29 is 14.3 Å².